The van der Waals surface area contributed by atoms with Gasteiger partial charge in [0.2, 0.25) is 0 Å². The third-order valence-electron chi connectivity index (χ3n) is 7.57. The Bertz CT molecular complexity index is 1380. The number of carbonyl (C=O) groups is 1. The Kier molecular flexibility index (Phi) is 9.84. The average molecular weight is 636 g/mol. The highest BCUT2D eigenvalue weighted by atomic mass is 35.6. The van der Waals surface area contributed by atoms with Gasteiger partial charge in [-0.05, 0) is 52.9 Å². The molecule has 8 nitrogen and oxygen atoms in total. The molecule has 224 valence electrons. The summed E-state index contributed by atoms with van der Waals surface area (Å²) in [6.07, 6.45) is 0.603. The van der Waals surface area contributed by atoms with Crippen molar-refractivity contribution in [3.63, 3.8) is 0 Å². The fourth-order valence-corrected chi connectivity index (χ4v) is 5.49. The maximum Gasteiger partial charge on any atom is 0.276 e. The Morgan fingerprint density at radius 2 is 1.62 bits per heavy atom. The number of methoxy groups -OCH3 is 2. The van der Waals surface area contributed by atoms with E-state index >= 15 is 0 Å². The Morgan fingerprint density at radius 1 is 0.976 bits per heavy atom. The minimum absolute atomic E-state index is 0.0194. The van der Waals surface area contributed by atoms with Crippen LogP contribution in [-0.2, 0) is 33.8 Å². The van der Waals surface area contributed by atoms with Crippen molar-refractivity contribution in [2.24, 2.45) is 0 Å². The molecule has 3 aromatic carbocycles. The molecule has 0 bridgehead atoms. The molecule has 1 saturated heterocycles. The van der Waals surface area contributed by atoms with Crippen molar-refractivity contribution >= 4 is 46.4 Å². The predicted octanol–water partition coefficient (Wildman–Crippen LogP) is 6.11. The molecule has 3 aromatic rings. The lowest BCUT2D eigenvalue weighted by atomic mass is 9.97. The van der Waals surface area contributed by atoms with E-state index in [1.807, 2.05) is 36.4 Å². The number of hydrogen-bond donors (Lipinski definition) is 2. The maximum absolute atomic E-state index is 12.1. The highest BCUT2D eigenvalue weighted by Crippen LogP contribution is 2.39. The maximum atomic E-state index is 12.1. The number of aliphatic hydroxyl groups is 1. The predicted molar refractivity (Wildman–Crippen MR) is 162 cm³/mol. The first-order chi connectivity index (χ1) is 20.2. The smallest absolute Gasteiger partial charge is 0.276 e. The van der Waals surface area contributed by atoms with Crippen molar-refractivity contribution < 1.29 is 28.8 Å². The molecule has 2 N–H and O–H groups in total. The standard InChI is InChI=1S/C31H33Cl3N2O6/c1-39-27-13-22-11-12-36(16-23(22)14-28(27)40-2)17-25-15-26(20-5-3-19(18-37)4-6-20)42-29(41-25)21-7-9-24(10-8-21)35-30(38)31(32,33)34/h3-10,13-14,25-26,29,37H,11-12,15-18H2,1-2H3,(H,35,38). The van der Waals surface area contributed by atoms with Crippen LogP contribution in [0.4, 0.5) is 5.69 Å². The van der Waals surface area contributed by atoms with Crippen LogP contribution in [0.25, 0.3) is 0 Å². The minimum Gasteiger partial charge on any atom is -0.493 e. The summed E-state index contributed by atoms with van der Waals surface area (Å²) in [6, 6.07) is 19.0. The molecular formula is C31H33Cl3N2O6. The number of amides is 1. The molecule has 42 heavy (non-hydrogen) atoms. The number of nitrogens with zero attached hydrogens (tertiary/aromatic N) is 1. The fraction of sp³-hybridized carbons (Fsp3) is 0.387. The van der Waals surface area contributed by atoms with Crippen LogP contribution in [-0.4, -0.2) is 53.1 Å². The average Bonchev–Trinajstić information content (AvgIpc) is 3.00. The van der Waals surface area contributed by atoms with E-state index in [0.29, 0.717) is 12.1 Å². The van der Waals surface area contributed by atoms with Crippen molar-refractivity contribution in [1.82, 2.24) is 4.90 Å². The molecule has 3 unspecified atom stereocenters. The van der Waals surface area contributed by atoms with E-state index in [9.17, 15) is 9.90 Å². The summed E-state index contributed by atoms with van der Waals surface area (Å²) in [5, 5.41) is 12.1. The first-order valence-electron chi connectivity index (χ1n) is 13.6. The van der Waals surface area contributed by atoms with E-state index in [1.54, 1.807) is 26.4 Å². The number of nitrogens with one attached hydrogen (secondary N) is 1. The van der Waals surface area contributed by atoms with Crippen molar-refractivity contribution in [3.05, 3.63) is 88.5 Å². The van der Waals surface area contributed by atoms with E-state index in [4.69, 9.17) is 53.8 Å². The van der Waals surface area contributed by atoms with Crippen molar-refractivity contribution in [1.29, 1.82) is 0 Å². The lowest BCUT2D eigenvalue weighted by Gasteiger charge is -2.39. The summed E-state index contributed by atoms with van der Waals surface area (Å²) < 4.78 is 21.9. The minimum atomic E-state index is -2.06. The number of benzene rings is 3. The van der Waals surface area contributed by atoms with E-state index in [2.05, 4.69) is 22.3 Å². The fourth-order valence-electron chi connectivity index (χ4n) is 5.34. The highest BCUT2D eigenvalue weighted by Gasteiger charge is 2.34. The van der Waals surface area contributed by atoms with Crippen LogP contribution in [0.5, 0.6) is 11.5 Å². The molecule has 11 heteroatoms. The lowest BCUT2D eigenvalue weighted by molar-refractivity contribution is -0.253. The SMILES string of the molecule is COc1cc2c(cc1OC)CN(CC1CC(c3ccc(CO)cc3)OC(c3ccc(NC(=O)C(Cl)(Cl)Cl)cc3)O1)CC2. The zero-order valence-corrected chi connectivity index (χ0v) is 25.6. The molecule has 0 spiro atoms. The number of ether oxygens (including phenoxy) is 4. The summed E-state index contributed by atoms with van der Waals surface area (Å²) in [6.45, 7) is 2.36. The van der Waals surface area contributed by atoms with Gasteiger partial charge in [-0.1, -0.05) is 71.2 Å². The zero-order valence-electron chi connectivity index (χ0n) is 23.3. The second kappa shape index (κ2) is 13.4. The van der Waals surface area contributed by atoms with Crippen LogP contribution in [0.3, 0.4) is 0 Å². The third kappa shape index (κ3) is 7.32. The van der Waals surface area contributed by atoms with Gasteiger partial charge in [-0.2, -0.15) is 0 Å². The Morgan fingerprint density at radius 3 is 2.24 bits per heavy atom. The van der Waals surface area contributed by atoms with E-state index in [1.165, 1.54) is 11.1 Å². The first-order valence-corrected chi connectivity index (χ1v) is 14.7. The van der Waals surface area contributed by atoms with Gasteiger partial charge in [0, 0.05) is 37.3 Å². The van der Waals surface area contributed by atoms with E-state index in [0.717, 1.165) is 54.2 Å². The molecule has 5 rings (SSSR count). The van der Waals surface area contributed by atoms with Gasteiger partial charge in [0.1, 0.15) is 0 Å². The summed E-state index contributed by atoms with van der Waals surface area (Å²) in [5.74, 6) is 0.727. The Labute approximate surface area is 260 Å². The van der Waals surface area contributed by atoms with Gasteiger partial charge in [-0.3, -0.25) is 9.69 Å². The van der Waals surface area contributed by atoms with Gasteiger partial charge in [-0.15, -0.1) is 0 Å². The molecule has 1 fully saturated rings. The zero-order chi connectivity index (χ0) is 29.9. The van der Waals surface area contributed by atoms with Crippen molar-refractivity contribution in [2.75, 3.05) is 32.6 Å². The molecule has 0 radical (unpaired) electrons. The molecule has 1 amide bonds. The normalized spacial score (nSPS) is 21.0. The van der Waals surface area contributed by atoms with E-state index in [-0.39, 0.29) is 18.8 Å². The van der Waals surface area contributed by atoms with Gasteiger partial charge < -0.3 is 29.4 Å². The molecule has 0 saturated carbocycles. The lowest BCUT2D eigenvalue weighted by Crippen LogP contribution is -2.41. The monoisotopic (exact) mass is 634 g/mol. The molecular weight excluding hydrogens is 603 g/mol. The number of hydrogen-bond acceptors (Lipinski definition) is 7. The van der Waals surface area contributed by atoms with Gasteiger partial charge in [0.15, 0.2) is 17.8 Å². The number of rotatable bonds is 8. The van der Waals surface area contributed by atoms with Crippen LogP contribution >= 0.6 is 34.8 Å². The number of aliphatic hydroxyl groups excluding tert-OH is 1. The van der Waals surface area contributed by atoms with E-state index < -0.39 is 16.0 Å². The summed E-state index contributed by atoms with van der Waals surface area (Å²) in [7, 11) is 3.30. The number of alkyl halides is 3. The number of halogens is 3. The Hall–Kier alpha value is -2.56. The molecule has 0 aliphatic carbocycles. The summed E-state index contributed by atoms with van der Waals surface area (Å²) in [5.41, 5.74) is 5.61. The third-order valence-corrected chi connectivity index (χ3v) is 8.09. The largest absolute Gasteiger partial charge is 0.493 e. The Balaban J connectivity index is 1.34. The molecule has 2 heterocycles. The van der Waals surface area contributed by atoms with Crippen LogP contribution in [0.1, 0.15) is 46.6 Å². The van der Waals surface area contributed by atoms with Gasteiger partial charge >= 0.3 is 0 Å². The van der Waals surface area contributed by atoms with Gasteiger partial charge in [-0.25, -0.2) is 0 Å². The van der Waals surface area contributed by atoms with Crippen LogP contribution in [0.15, 0.2) is 60.7 Å². The summed E-state index contributed by atoms with van der Waals surface area (Å²) in [4.78, 5) is 14.4. The second-order valence-electron chi connectivity index (χ2n) is 10.4. The first kappa shape index (κ1) is 30.9. The number of fused-ring (bicyclic) bond motifs is 1. The topological polar surface area (TPSA) is 89.5 Å². The van der Waals surface area contributed by atoms with Gasteiger partial charge in [0.25, 0.3) is 9.70 Å². The molecule has 2 aliphatic rings. The van der Waals surface area contributed by atoms with Crippen LogP contribution in [0, 0.1) is 0 Å². The quantitative estimate of drug-likeness (QED) is 0.289. The molecule has 3 atom stereocenters. The number of carbonyl (C=O) groups excluding carboxylic acids is 1. The summed E-state index contributed by atoms with van der Waals surface area (Å²) >= 11 is 17.0. The second-order valence-corrected chi connectivity index (χ2v) is 12.7. The highest BCUT2D eigenvalue weighted by molar-refractivity contribution is 6.76. The van der Waals surface area contributed by atoms with Crippen molar-refractivity contribution in [3.8, 4) is 11.5 Å². The number of anilines is 1. The van der Waals surface area contributed by atoms with Crippen molar-refractivity contribution in [2.45, 2.75) is 48.3 Å². The van der Waals surface area contributed by atoms with Crippen LogP contribution < -0.4 is 14.8 Å². The molecule has 2 aliphatic heterocycles. The van der Waals surface area contributed by atoms with Crippen LogP contribution in [0.2, 0.25) is 0 Å². The molecule has 0 aromatic heterocycles. The van der Waals surface area contributed by atoms with Gasteiger partial charge in [0.05, 0.1) is 33.0 Å².